The molecule has 16 heavy (non-hydrogen) atoms. The Morgan fingerprint density at radius 2 is 1.88 bits per heavy atom. The highest BCUT2D eigenvalue weighted by Gasteiger charge is 2.62. The number of benzene rings is 1. The van der Waals surface area contributed by atoms with E-state index in [1.807, 2.05) is 0 Å². The molecule has 1 aliphatic carbocycles. The van der Waals surface area contributed by atoms with Crippen molar-refractivity contribution in [2.75, 3.05) is 5.73 Å². The third-order valence-electron chi connectivity index (χ3n) is 2.96. The highest BCUT2D eigenvalue weighted by atomic mass is 19.4. The van der Waals surface area contributed by atoms with E-state index < -0.39 is 11.7 Å². The highest BCUT2D eigenvalue weighted by Crippen LogP contribution is 2.49. The Kier molecular flexibility index (Phi) is 2.58. The van der Waals surface area contributed by atoms with Crippen molar-refractivity contribution >= 4 is 5.69 Å². The predicted molar refractivity (Wildman–Crippen MR) is 55.7 cm³/mol. The molecule has 2 nitrogen and oxygen atoms in total. The number of para-hydroxylation sites is 1. The number of hydrogen-bond donors (Lipinski definition) is 2. The van der Waals surface area contributed by atoms with E-state index in [9.17, 15) is 13.2 Å². The maximum Gasteiger partial charge on any atom is 0.406 e. The average molecular weight is 230 g/mol. The number of halogens is 3. The topological polar surface area (TPSA) is 38.0 Å². The molecule has 1 saturated carbocycles. The van der Waals surface area contributed by atoms with Crippen molar-refractivity contribution in [3.8, 4) is 0 Å². The minimum atomic E-state index is -4.17. The summed E-state index contributed by atoms with van der Waals surface area (Å²) < 4.78 is 37.8. The second-order valence-corrected chi connectivity index (χ2v) is 4.13. The fourth-order valence-corrected chi connectivity index (χ4v) is 1.65. The third-order valence-corrected chi connectivity index (χ3v) is 2.96. The van der Waals surface area contributed by atoms with E-state index in [1.165, 1.54) is 0 Å². The van der Waals surface area contributed by atoms with Gasteiger partial charge in [-0.2, -0.15) is 13.2 Å². The lowest BCUT2D eigenvalue weighted by atomic mass is 10.1. The van der Waals surface area contributed by atoms with Crippen LogP contribution in [0.1, 0.15) is 18.4 Å². The number of nitrogens with one attached hydrogen (secondary N) is 1. The first-order valence-electron chi connectivity index (χ1n) is 5.10. The van der Waals surface area contributed by atoms with Crippen LogP contribution >= 0.6 is 0 Å². The first-order chi connectivity index (χ1) is 7.45. The zero-order valence-corrected chi connectivity index (χ0v) is 8.64. The van der Waals surface area contributed by atoms with Gasteiger partial charge in [0.15, 0.2) is 0 Å². The number of nitrogens with two attached hydrogens (primary N) is 1. The molecule has 88 valence electrons. The Balaban J connectivity index is 2.01. The van der Waals surface area contributed by atoms with Gasteiger partial charge in [0.05, 0.1) is 0 Å². The van der Waals surface area contributed by atoms with Crippen molar-refractivity contribution in [3.05, 3.63) is 29.8 Å². The standard InChI is InChI=1S/C11H13F3N2/c12-11(13,14)10(5-6-10)16-7-8-3-1-2-4-9(8)15/h1-4,16H,5-7,15H2. The summed E-state index contributed by atoms with van der Waals surface area (Å²) in [7, 11) is 0. The molecule has 5 heteroatoms. The van der Waals surface area contributed by atoms with Crippen LogP contribution in [-0.2, 0) is 6.54 Å². The fraction of sp³-hybridized carbons (Fsp3) is 0.455. The summed E-state index contributed by atoms with van der Waals surface area (Å²) in [6.07, 6.45) is -3.86. The SMILES string of the molecule is Nc1ccccc1CNC1(C(F)(F)F)CC1. The molecule has 0 bridgehead atoms. The zero-order valence-electron chi connectivity index (χ0n) is 8.64. The van der Waals surface area contributed by atoms with Crippen molar-refractivity contribution in [2.45, 2.75) is 31.1 Å². The van der Waals surface area contributed by atoms with Crippen molar-refractivity contribution in [2.24, 2.45) is 0 Å². The van der Waals surface area contributed by atoms with E-state index in [-0.39, 0.29) is 19.4 Å². The molecule has 1 aliphatic rings. The quantitative estimate of drug-likeness (QED) is 0.783. The van der Waals surface area contributed by atoms with Crippen molar-refractivity contribution in [3.63, 3.8) is 0 Å². The van der Waals surface area contributed by atoms with E-state index in [4.69, 9.17) is 5.73 Å². The van der Waals surface area contributed by atoms with Gasteiger partial charge in [0.25, 0.3) is 0 Å². The average Bonchev–Trinajstić information content (AvgIpc) is 2.96. The van der Waals surface area contributed by atoms with Crippen LogP contribution in [0.15, 0.2) is 24.3 Å². The van der Waals surface area contributed by atoms with Gasteiger partial charge in [0.2, 0.25) is 0 Å². The summed E-state index contributed by atoms with van der Waals surface area (Å²) in [5, 5.41) is 2.56. The third kappa shape index (κ3) is 2.00. The molecule has 1 aromatic carbocycles. The molecule has 0 heterocycles. The smallest absolute Gasteiger partial charge is 0.398 e. The summed E-state index contributed by atoms with van der Waals surface area (Å²) in [6.45, 7) is 0.159. The Labute approximate surface area is 91.6 Å². The van der Waals surface area contributed by atoms with Crippen LogP contribution < -0.4 is 11.1 Å². The molecule has 0 aliphatic heterocycles. The van der Waals surface area contributed by atoms with Gasteiger partial charge in [-0.15, -0.1) is 0 Å². The van der Waals surface area contributed by atoms with Crippen molar-refractivity contribution < 1.29 is 13.2 Å². The lowest BCUT2D eigenvalue weighted by Gasteiger charge is -2.21. The number of nitrogen functional groups attached to an aromatic ring is 1. The molecule has 0 unspecified atom stereocenters. The van der Waals surface area contributed by atoms with Crippen LogP contribution in [0.4, 0.5) is 18.9 Å². The lowest BCUT2D eigenvalue weighted by Crippen LogP contribution is -2.44. The molecular weight excluding hydrogens is 217 g/mol. The first kappa shape index (κ1) is 11.3. The summed E-state index contributed by atoms with van der Waals surface area (Å²) in [4.78, 5) is 0. The van der Waals surface area contributed by atoms with E-state index in [0.717, 1.165) is 0 Å². The largest absolute Gasteiger partial charge is 0.406 e. The lowest BCUT2D eigenvalue weighted by molar-refractivity contribution is -0.166. The van der Waals surface area contributed by atoms with E-state index in [1.54, 1.807) is 24.3 Å². The Hall–Kier alpha value is -1.23. The molecule has 0 radical (unpaired) electrons. The minimum Gasteiger partial charge on any atom is -0.398 e. The van der Waals surface area contributed by atoms with Crippen LogP contribution in [-0.4, -0.2) is 11.7 Å². The molecule has 2 rings (SSSR count). The molecule has 0 amide bonds. The highest BCUT2D eigenvalue weighted by molar-refractivity contribution is 5.46. The van der Waals surface area contributed by atoms with Gasteiger partial charge < -0.3 is 5.73 Å². The van der Waals surface area contributed by atoms with Gasteiger partial charge in [0.1, 0.15) is 5.54 Å². The molecule has 1 fully saturated rings. The number of hydrogen-bond acceptors (Lipinski definition) is 2. The molecule has 1 aromatic rings. The monoisotopic (exact) mass is 230 g/mol. The summed E-state index contributed by atoms with van der Waals surface area (Å²) in [5.41, 5.74) is 5.21. The minimum absolute atomic E-state index is 0.156. The predicted octanol–water partition coefficient (Wildman–Crippen LogP) is 2.45. The van der Waals surface area contributed by atoms with Gasteiger partial charge in [-0.25, -0.2) is 0 Å². The molecule has 0 aromatic heterocycles. The number of alkyl halides is 3. The fourth-order valence-electron chi connectivity index (χ4n) is 1.65. The Morgan fingerprint density at radius 1 is 1.25 bits per heavy atom. The van der Waals surface area contributed by atoms with E-state index in [2.05, 4.69) is 5.32 Å². The van der Waals surface area contributed by atoms with Crippen LogP contribution in [0.25, 0.3) is 0 Å². The van der Waals surface area contributed by atoms with Gasteiger partial charge in [-0.3, -0.25) is 5.32 Å². The van der Waals surface area contributed by atoms with E-state index >= 15 is 0 Å². The van der Waals surface area contributed by atoms with Crippen LogP contribution in [0.3, 0.4) is 0 Å². The van der Waals surface area contributed by atoms with Gasteiger partial charge in [0, 0.05) is 12.2 Å². The second-order valence-electron chi connectivity index (χ2n) is 4.13. The van der Waals surface area contributed by atoms with Crippen LogP contribution in [0.5, 0.6) is 0 Å². The molecule has 3 N–H and O–H groups in total. The maximum atomic E-state index is 12.6. The summed E-state index contributed by atoms with van der Waals surface area (Å²) in [5.74, 6) is 0. The van der Waals surface area contributed by atoms with Crippen LogP contribution in [0, 0.1) is 0 Å². The molecule has 0 atom stereocenters. The normalized spacial score (nSPS) is 18.4. The Morgan fingerprint density at radius 3 is 2.38 bits per heavy atom. The molecular formula is C11H13F3N2. The second kappa shape index (κ2) is 3.66. The van der Waals surface area contributed by atoms with Gasteiger partial charge in [-0.05, 0) is 24.5 Å². The van der Waals surface area contributed by atoms with Crippen molar-refractivity contribution in [1.29, 1.82) is 0 Å². The van der Waals surface area contributed by atoms with Crippen LogP contribution in [0.2, 0.25) is 0 Å². The van der Waals surface area contributed by atoms with E-state index in [0.29, 0.717) is 11.3 Å². The summed E-state index contributed by atoms with van der Waals surface area (Å²) >= 11 is 0. The maximum absolute atomic E-state index is 12.6. The Bertz CT molecular complexity index is 383. The summed E-state index contributed by atoms with van der Waals surface area (Å²) in [6, 6.07) is 6.94. The first-order valence-corrected chi connectivity index (χ1v) is 5.10. The molecule has 0 spiro atoms. The van der Waals surface area contributed by atoms with Crippen molar-refractivity contribution in [1.82, 2.24) is 5.32 Å². The van der Waals surface area contributed by atoms with Gasteiger partial charge >= 0.3 is 6.18 Å². The number of anilines is 1. The molecule has 0 saturated heterocycles. The van der Waals surface area contributed by atoms with Gasteiger partial charge in [-0.1, -0.05) is 18.2 Å². The number of rotatable bonds is 3. The zero-order chi connectivity index (χ0) is 11.8.